The summed E-state index contributed by atoms with van der Waals surface area (Å²) < 4.78 is 0. The Morgan fingerprint density at radius 1 is 1.20 bits per heavy atom. The number of allylic oxidation sites excluding steroid dienone is 1. The molecule has 0 aliphatic heterocycles. The average molecular weight is 347 g/mol. The van der Waals surface area contributed by atoms with Crippen molar-refractivity contribution in [1.29, 1.82) is 0 Å². The fourth-order valence-electron chi connectivity index (χ4n) is 7.14. The lowest BCUT2D eigenvalue weighted by Crippen LogP contribution is -2.55. The maximum absolute atomic E-state index is 11.7. The summed E-state index contributed by atoms with van der Waals surface area (Å²) in [5, 5.41) is 23.8. The number of hydrogen-bond donors (Lipinski definition) is 3. The third-order valence-corrected chi connectivity index (χ3v) is 8.46. The fourth-order valence-corrected chi connectivity index (χ4v) is 7.14. The molecule has 0 aromatic carbocycles. The van der Waals surface area contributed by atoms with E-state index in [0.717, 1.165) is 38.5 Å². The van der Waals surface area contributed by atoms with Crippen LogP contribution in [0.3, 0.4) is 0 Å². The molecule has 3 N–H and O–H groups in total. The number of hydrogen-bond acceptors (Lipinski definition) is 3. The summed E-state index contributed by atoms with van der Waals surface area (Å²) in [6, 6.07) is -0.109. The topological polar surface area (TPSA) is 69.6 Å². The van der Waals surface area contributed by atoms with Crippen LogP contribution >= 0.6 is 0 Å². The Morgan fingerprint density at radius 2 is 1.96 bits per heavy atom. The van der Waals surface area contributed by atoms with Gasteiger partial charge in [0.25, 0.3) is 0 Å². The summed E-state index contributed by atoms with van der Waals surface area (Å²) in [7, 11) is 0. The summed E-state index contributed by atoms with van der Waals surface area (Å²) in [4.78, 5) is 11.7. The van der Waals surface area contributed by atoms with E-state index in [2.05, 4.69) is 25.2 Å². The Morgan fingerprint density at radius 3 is 2.68 bits per heavy atom. The van der Waals surface area contributed by atoms with Gasteiger partial charge >= 0.3 is 0 Å². The summed E-state index contributed by atoms with van der Waals surface area (Å²) >= 11 is 0. The molecule has 0 unspecified atom stereocenters. The van der Waals surface area contributed by atoms with Crippen LogP contribution in [0.2, 0.25) is 0 Å². The molecular weight excluding hydrogens is 314 g/mol. The van der Waals surface area contributed by atoms with Crippen molar-refractivity contribution in [2.45, 2.75) is 84.0 Å². The van der Waals surface area contributed by atoms with Gasteiger partial charge < -0.3 is 15.5 Å². The second-order valence-electron chi connectivity index (χ2n) is 9.68. The molecule has 0 bridgehead atoms. The number of rotatable bonds is 1. The number of carbonyl (C=O) groups excluding carboxylic acids is 1. The van der Waals surface area contributed by atoms with Gasteiger partial charge in [-0.25, -0.2) is 0 Å². The Bertz CT molecular complexity index is 602. The van der Waals surface area contributed by atoms with Gasteiger partial charge in [0.2, 0.25) is 5.91 Å². The minimum atomic E-state index is -0.427. The maximum atomic E-state index is 11.7. The van der Waals surface area contributed by atoms with E-state index >= 15 is 0 Å². The lowest BCUT2D eigenvalue weighted by molar-refractivity contribution is -0.122. The van der Waals surface area contributed by atoms with E-state index in [1.54, 1.807) is 6.92 Å². The molecule has 4 nitrogen and oxygen atoms in total. The fraction of sp³-hybridized carbons (Fsp3) is 0.857. The Labute approximate surface area is 151 Å². The van der Waals surface area contributed by atoms with Crippen LogP contribution in [-0.2, 0) is 4.79 Å². The molecule has 4 aliphatic rings. The number of aliphatic hydroxyl groups is 2. The minimum absolute atomic E-state index is 0.00212. The van der Waals surface area contributed by atoms with Gasteiger partial charge in [-0.3, -0.25) is 4.79 Å². The standard InChI is InChI=1S/C21H33NO3/c1-12(23)22-19-18(25)11-17-15-5-4-13-10-14(24)6-8-20(13,2)16(15)7-9-21(17,19)3/h4,14-19,24-25H,5-11H2,1-3H3,(H,22,23)/t14-,15-,16+,17-,18+,19-,20-,21-/m0/s1. The molecule has 4 heteroatoms. The van der Waals surface area contributed by atoms with Crippen molar-refractivity contribution in [2.24, 2.45) is 28.6 Å². The van der Waals surface area contributed by atoms with Crippen molar-refractivity contribution in [3.63, 3.8) is 0 Å². The van der Waals surface area contributed by atoms with Gasteiger partial charge in [0.1, 0.15) is 0 Å². The van der Waals surface area contributed by atoms with E-state index < -0.39 is 6.10 Å². The number of carbonyl (C=O) groups is 1. The van der Waals surface area contributed by atoms with E-state index in [9.17, 15) is 15.0 Å². The number of nitrogens with one attached hydrogen (secondary N) is 1. The zero-order valence-electron chi connectivity index (χ0n) is 15.8. The zero-order chi connectivity index (χ0) is 18.0. The van der Waals surface area contributed by atoms with Crippen LogP contribution < -0.4 is 5.32 Å². The number of amides is 1. The Hall–Kier alpha value is -0.870. The highest BCUT2D eigenvalue weighted by Crippen LogP contribution is 2.64. The normalized spacial score (nSPS) is 51.8. The smallest absolute Gasteiger partial charge is 0.217 e. The second kappa shape index (κ2) is 5.82. The van der Waals surface area contributed by atoms with Gasteiger partial charge in [-0.2, -0.15) is 0 Å². The van der Waals surface area contributed by atoms with E-state index in [1.807, 2.05) is 0 Å². The zero-order valence-corrected chi connectivity index (χ0v) is 15.8. The first-order chi connectivity index (χ1) is 11.8. The quantitative estimate of drug-likeness (QED) is 0.639. The highest BCUT2D eigenvalue weighted by atomic mass is 16.3. The van der Waals surface area contributed by atoms with Gasteiger partial charge in [0.05, 0.1) is 18.2 Å². The lowest BCUT2D eigenvalue weighted by Gasteiger charge is -2.57. The van der Waals surface area contributed by atoms with E-state index in [-0.39, 0.29) is 28.9 Å². The van der Waals surface area contributed by atoms with Crippen molar-refractivity contribution in [3.05, 3.63) is 11.6 Å². The second-order valence-corrected chi connectivity index (χ2v) is 9.68. The summed E-state index contributed by atoms with van der Waals surface area (Å²) in [5.74, 6) is 1.68. The van der Waals surface area contributed by atoms with Gasteiger partial charge in [0, 0.05) is 6.92 Å². The first-order valence-corrected chi connectivity index (χ1v) is 10.1. The average Bonchev–Trinajstić information content (AvgIpc) is 2.79. The first-order valence-electron chi connectivity index (χ1n) is 10.1. The van der Waals surface area contributed by atoms with Crippen molar-refractivity contribution >= 4 is 5.91 Å². The molecule has 0 aromatic heterocycles. The van der Waals surface area contributed by atoms with Gasteiger partial charge in [-0.15, -0.1) is 0 Å². The SMILES string of the molecule is CC(=O)N[C@H]1[C@H](O)C[C@H]2[C@H]3CC=C4C[C@@H](O)CC[C@]4(C)[C@@H]3CC[C@@]21C. The molecule has 8 atom stereocenters. The molecule has 140 valence electrons. The summed E-state index contributed by atoms with van der Waals surface area (Å²) in [6.45, 7) is 6.26. The van der Waals surface area contributed by atoms with Crippen LogP contribution in [-0.4, -0.2) is 34.4 Å². The Kier molecular flexibility index (Phi) is 4.08. The first kappa shape index (κ1) is 17.5. The predicted molar refractivity (Wildman–Crippen MR) is 96.7 cm³/mol. The highest BCUT2D eigenvalue weighted by Gasteiger charge is 2.61. The molecule has 25 heavy (non-hydrogen) atoms. The molecule has 4 aliphatic carbocycles. The van der Waals surface area contributed by atoms with Gasteiger partial charge in [-0.05, 0) is 73.5 Å². The molecule has 3 fully saturated rings. The highest BCUT2D eigenvalue weighted by molar-refractivity contribution is 5.73. The van der Waals surface area contributed by atoms with E-state index in [4.69, 9.17) is 0 Å². The molecule has 0 spiro atoms. The van der Waals surface area contributed by atoms with Crippen LogP contribution in [0.5, 0.6) is 0 Å². The monoisotopic (exact) mass is 347 g/mol. The largest absolute Gasteiger partial charge is 0.393 e. The van der Waals surface area contributed by atoms with Crippen molar-refractivity contribution in [2.75, 3.05) is 0 Å². The molecule has 0 aromatic rings. The summed E-state index contributed by atoms with van der Waals surface area (Å²) in [6.07, 6.45) is 8.79. The predicted octanol–water partition coefficient (Wildman–Crippen LogP) is 2.79. The molecule has 4 rings (SSSR count). The van der Waals surface area contributed by atoms with Gasteiger partial charge in [-0.1, -0.05) is 25.5 Å². The molecular formula is C21H33NO3. The Balaban J connectivity index is 1.64. The van der Waals surface area contributed by atoms with E-state index in [0.29, 0.717) is 17.8 Å². The van der Waals surface area contributed by atoms with Gasteiger partial charge in [0.15, 0.2) is 0 Å². The minimum Gasteiger partial charge on any atom is -0.393 e. The molecule has 3 saturated carbocycles. The van der Waals surface area contributed by atoms with Crippen LogP contribution in [0, 0.1) is 28.6 Å². The van der Waals surface area contributed by atoms with Crippen LogP contribution in [0.15, 0.2) is 11.6 Å². The number of aliphatic hydroxyl groups excluding tert-OH is 2. The summed E-state index contributed by atoms with van der Waals surface area (Å²) in [5.41, 5.74) is 1.70. The number of fused-ring (bicyclic) bond motifs is 5. The van der Waals surface area contributed by atoms with Crippen molar-refractivity contribution in [3.8, 4) is 0 Å². The molecule has 0 saturated heterocycles. The third kappa shape index (κ3) is 2.51. The maximum Gasteiger partial charge on any atom is 0.217 e. The molecule has 1 amide bonds. The third-order valence-electron chi connectivity index (χ3n) is 8.46. The van der Waals surface area contributed by atoms with Crippen molar-refractivity contribution < 1.29 is 15.0 Å². The van der Waals surface area contributed by atoms with Crippen LogP contribution in [0.4, 0.5) is 0 Å². The van der Waals surface area contributed by atoms with Crippen LogP contribution in [0.1, 0.15) is 65.7 Å². The molecule has 0 radical (unpaired) electrons. The van der Waals surface area contributed by atoms with E-state index in [1.165, 1.54) is 12.0 Å². The van der Waals surface area contributed by atoms with Crippen LogP contribution in [0.25, 0.3) is 0 Å². The van der Waals surface area contributed by atoms with Crippen molar-refractivity contribution in [1.82, 2.24) is 5.32 Å². The lowest BCUT2D eigenvalue weighted by atomic mass is 9.48. The molecule has 0 heterocycles.